The Hall–Kier alpha value is -3.18. The van der Waals surface area contributed by atoms with Crippen molar-refractivity contribution < 1.29 is 14.4 Å². The van der Waals surface area contributed by atoms with Crippen LogP contribution in [0.1, 0.15) is 43.0 Å². The molecule has 0 radical (unpaired) electrons. The molecule has 0 saturated carbocycles. The van der Waals surface area contributed by atoms with Gasteiger partial charge in [0.15, 0.2) is 0 Å². The number of hydrogen-bond acceptors (Lipinski definition) is 3. The van der Waals surface area contributed by atoms with Crippen molar-refractivity contribution in [2.45, 2.75) is 45.6 Å². The lowest BCUT2D eigenvalue weighted by Gasteiger charge is -2.20. The van der Waals surface area contributed by atoms with Crippen molar-refractivity contribution >= 4 is 17.3 Å². The quantitative estimate of drug-likeness (QED) is 0.384. The molecular weight excluding hydrogens is 403 g/mol. The lowest BCUT2D eigenvalue weighted by molar-refractivity contribution is -0.172. The maximum Gasteiger partial charge on any atom is 0.250 e. The first-order chi connectivity index (χ1) is 15.2. The van der Waals surface area contributed by atoms with Crippen LogP contribution in [0.5, 0.6) is 0 Å². The molecule has 0 aromatic heterocycles. The largest absolute Gasteiger partial charge is 0.355 e. The highest BCUT2D eigenvalue weighted by molar-refractivity contribution is 5.79. The van der Waals surface area contributed by atoms with Gasteiger partial charge in [-0.15, -0.1) is 0 Å². The minimum Gasteiger partial charge on any atom is -0.355 e. The van der Waals surface area contributed by atoms with E-state index in [9.17, 15) is 14.4 Å². The number of nitrogens with zero attached hydrogens (tertiary/aromatic N) is 1. The first kappa shape index (κ1) is 22.0. The van der Waals surface area contributed by atoms with Crippen molar-refractivity contribution in [2.24, 2.45) is 5.92 Å². The molecule has 5 heteroatoms. The minimum atomic E-state index is -0.252. The topological polar surface area (TPSA) is 52.6 Å². The summed E-state index contributed by atoms with van der Waals surface area (Å²) in [6, 6.07) is 20.6. The van der Waals surface area contributed by atoms with Gasteiger partial charge in [0.25, 0.3) is 0 Å². The van der Waals surface area contributed by atoms with Crippen LogP contribution >= 0.6 is 0 Å². The molecule has 0 bridgehead atoms. The molecule has 0 aliphatic heterocycles. The molecule has 4 nitrogen and oxygen atoms in total. The van der Waals surface area contributed by atoms with Gasteiger partial charge in [-0.1, -0.05) is 63.2 Å². The molecule has 1 amide bonds. The average molecular weight is 433 g/mol. The number of carbonyl (C=O) groups is 1. The third-order valence-corrected chi connectivity index (χ3v) is 6.01. The number of amides is 1. The second kappa shape index (κ2) is 8.75. The van der Waals surface area contributed by atoms with Crippen molar-refractivity contribution in [3.63, 3.8) is 0 Å². The van der Waals surface area contributed by atoms with Gasteiger partial charge in [0, 0.05) is 17.3 Å². The number of anilines is 2. The minimum absolute atomic E-state index is 0.126. The Morgan fingerprint density at radius 2 is 1.59 bits per heavy atom. The van der Waals surface area contributed by atoms with Crippen molar-refractivity contribution in [3.8, 4) is 0 Å². The molecule has 3 aromatic carbocycles. The van der Waals surface area contributed by atoms with Gasteiger partial charge in [-0.3, -0.25) is 10.0 Å². The van der Waals surface area contributed by atoms with Crippen LogP contribution in [0.4, 0.5) is 15.8 Å². The van der Waals surface area contributed by atoms with Crippen LogP contribution in [0, 0.1) is 11.7 Å². The molecule has 3 aromatic rings. The van der Waals surface area contributed by atoms with E-state index in [4.69, 9.17) is 0 Å². The summed E-state index contributed by atoms with van der Waals surface area (Å²) in [4.78, 5) is 12.7. The fraction of sp³-hybridized carbons (Fsp3) is 0.296. The zero-order chi connectivity index (χ0) is 22.9. The Balaban J connectivity index is 1.36. The third-order valence-electron chi connectivity index (χ3n) is 6.01. The van der Waals surface area contributed by atoms with Crippen LogP contribution in [-0.2, 0) is 29.6 Å². The Morgan fingerprint density at radius 1 is 1.00 bits per heavy atom. The molecule has 32 heavy (non-hydrogen) atoms. The molecule has 0 spiro atoms. The number of rotatable bonds is 5. The fourth-order valence-corrected chi connectivity index (χ4v) is 4.26. The summed E-state index contributed by atoms with van der Waals surface area (Å²) in [6.45, 7) is 6.08. The second-order valence-corrected chi connectivity index (χ2v) is 9.54. The molecule has 0 saturated heterocycles. The second-order valence-electron chi connectivity index (χ2n) is 9.54. The van der Waals surface area contributed by atoms with E-state index in [2.05, 4.69) is 5.32 Å². The smallest absolute Gasteiger partial charge is 0.250 e. The average Bonchev–Trinajstić information content (AvgIpc) is 3.18. The number of benzene rings is 3. The summed E-state index contributed by atoms with van der Waals surface area (Å²) in [6.07, 6.45) is 1.33. The van der Waals surface area contributed by atoms with Gasteiger partial charge >= 0.3 is 0 Å². The molecular formula is C27H29FN2O2. The highest BCUT2D eigenvalue weighted by atomic mass is 19.1. The van der Waals surface area contributed by atoms with Crippen molar-refractivity contribution in [1.82, 2.24) is 5.06 Å². The van der Waals surface area contributed by atoms with Crippen LogP contribution in [0.2, 0.25) is 0 Å². The predicted molar refractivity (Wildman–Crippen MR) is 125 cm³/mol. The standard InChI is InChI=1S/C27H29FN2O2/c1-27(2,3)24-13-12-23(16-25(24)28)29-22-10-8-18(9-11-22)17-30(32)26(31)21-14-19-6-4-5-7-20(19)15-21/h4-13,16,21,29,32H,14-15,17H2,1-3H3. The number of hydrogen-bond donors (Lipinski definition) is 2. The number of hydroxylamine groups is 2. The summed E-state index contributed by atoms with van der Waals surface area (Å²) >= 11 is 0. The monoisotopic (exact) mass is 432 g/mol. The van der Waals surface area contributed by atoms with Gasteiger partial charge in [-0.2, -0.15) is 0 Å². The van der Waals surface area contributed by atoms with Crippen LogP contribution < -0.4 is 5.32 Å². The summed E-state index contributed by atoms with van der Waals surface area (Å²) in [5, 5.41) is 14.4. The Labute approximate surface area is 188 Å². The van der Waals surface area contributed by atoms with E-state index in [1.807, 2.05) is 81.4 Å². The van der Waals surface area contributed by atoms with Gasteiger partial charge < -0.3 is 5.32 Å². The van der Waals surface area contributed by atoms with E-state index in [-0.39, 0.29) is 29.6 Å². The van der Waals surface area contributed by atoms with Gasteiger partial charge in [0.2, 0.25) is 5.91 Å². The van der Waals surface area contributed by atoms with Crippen LogP contribution in [0.25, 0.3) is 0 Å². The molecule has 0 fully saturated rings. The van der Waals surface area contributed by atoms with Gasteiger partial charge in [0.05, 0.1) is 6.54 Å². The summed E-state index contributed by atoms with van der Waals surface area (Å²) in [5.74, 6) is -0.704. The lowest BCUT2D eigenvalue weighted by Crippen LogP contribution is -2.33. The van der Waals surface area contributed by atoms with E-state index in [0.717, 1.165) is 16.3 Å². The lowest BCUT2D eigenvalue weighted by atomic mass is 9.86. The maximum absolute atomic E-state index is 14.4. The highest BCUT2D eigenvalue weighted by Crippen LogP contribution is 2.29. The molecule has 4 rings (SSSR count). The predicted octanol–water partition coefficient (Wildman–Crippen LogP) is 6.00. The van der Waals surface area contributed by atoms with Crippen molar-refractivity contribution in [2.75, 3.05) is 5.32 Å². The van der Waals surface area contributed by atoms with E-state index >= 15 is 0 Å². The fourth-order valence-electron chi connectivity index (χ4n) is 4.26. The zero-order valence-electron chi connectivity index (χ0n) is 18.7. The van der Waals surface area contributed by atoms with E-state index in [0.29, 0.717) is 24.1 Å². The summed E-state index contributed by atoms with van der Waals surface area (Å²) < 4.78 is 14.4. The van der Waals surface area contributed by atoms with Crippen LogP contribution in [-0.4, -0.2) is 16.2 Å². The number of nitrogens with one attached hydrogen (secondary N) is 1. The van der Waals surface area contributed by atoms with E-state index in [1.54, 1.807) is 0 Å². The molecule has 1 aliphatic carbocycles. The number of carbonyl (C=O) groups excluding carboxylic acids is 1. The Bertz CT molecular complexity index is 1090. The third kappa shape index (κ3) is 4.83. The first-order valence-electron chi connectivity index (χ1n) is 10.9. The molecule has 0 heterocycles. The maximum atomic E-state index is 14.4. The molecule has 2 N–H and O–H groups in total. The van der Waals surface area contributed by atoms with Crippen LogP contribution in [0.15, 0.2) is 66.7 Å². The number of fused-ring (bicyclic) bond motifs is 1. The van der Waals surface area contributed by atoms with Crippen molar-refractivity contribution in [1.29, 1.82) is 0 Å². The summed E-state index contributed by atoms with van der Waals surface area (Å²) in [5.41, 5.74) is 5.08. The Kier molecular flexibility index (Phi) is 6.02. The zero-order valence-corrected chi connectivity index (χ0v) is 18.7. The highest BCUT2D eigenvalue weighted by Gasteiger charge is 2.30. The number of halogens is 1. The first-order valence-corrected chi connectivity index (χ1v) is 10.9. The SMILES string of the molecule is CC(C)(C)c1ccc(Nc2ccc(CN(O)C(=O)C3Cc4ccccc4C3)cc2)cc1F. The van der Waals surface area contributed by atoms with Gasteiger partial charge in [-0.05, 0) is 64.8 Å². The molecule has 0 unspecified atom stereocenters. The van der Waals surface area contributed by atoms with E-state index in [1.165, 1.54) is 17.2 Å². The van der Waals surface area contributed by atoms with Crippen LogP contribution in [0.3, 0.4) is 0 Å². The molecule has 166 valence electrons. The Morgan fingerprint density at radius 3 is 2.16 bits per heavy atom. The van der Waals surface area contributed by atoms with Crippen molar-refractivity contribution in [3.05, 3.63) is 94.8 Å². The normalized spacial score (nSPS) is 13.7. The van der Waals surface area contributed by atoms with Gasteiger partial charge in [-0.25, -0.2) is 9.45 Å². The molecule has 1 aliphatic rings. The summed E-state index contributed by atoms with van der Waals surface area (Å²) in [7, 11) is 0. The van der Waals surface area contributed by atoms with Gasteiger partial charge in [0.1, 0.15) is 5.82 Å². The van der Waals surface area contributed by atoms with E-state index < -0.39 is 0 Å². The molecule has 0 atom stereocenters.